The number of rotatable bonds is 8. The molecule has 1 aromatic carbocycles. The fraction of sp³-hybridized carbons (Fsp3) is 0.286. The minimum absolute atomic E-state index is 0.0795. The molecule has 7 rings (SSSR count). The molecule has 0 unspecified atom stereocenters. The Kier molecular flexibility index (Phi) is 3.60. The number of anilines is 3. The van der Waals surface area contributed by atoms with Crippen molar-refractivity contribution in [3.05, 3.63) is 42.7 Å². The number of carbonyl (C=O) groups is 2. The highest BCUT2D eigenvalue weighted by molar-refractivity contribution is 6.00. The number of ether oxygens (including phenoxy) is 1. The number of nitrogens with zero attached hydrogens (tertiary/aromatic N) is 3. The molecule has 2 bridgehead atoms. The van der Waals surface area contributed by atoms with Crippen molar-refractivity contribution < 1.29 is 14.3 Å². The van der Waals surface area contributed by atoms with Crippen molar-refractivity contribution in [2.24, 2.45) is 23.0 Å². The number of imidazole rings is 1. The van der Waals surface area contributed by atoms with Crippen LogP contribution in [0.15, 0.2) is 42.7 Å². The zero-order chi connectivity index (χ0) is 22.1. The average Bonchev–Trinajstić information content (AvgIpc) is 3.23. The van der Waals surface area contributed by atoms with Crippen LogP contribution in [0.5, 0.6) is 5.75 Å². The molecule has 3 aromatic rings. The summed E-state index contributed by atoms with van der Waals surface area (Å²) in [4.78, 5) is 39.9. The van der Waals surface area contributed by atoms with E-state index in [4.69, 9.17) is 10.5 Å². The van der Waals surface area contributed by atoms with E-state index in [1.807, 2.05) is 6.07 Å². The van der Waals surface area contributed by atoms with Crippen molar-refractivity contribution in [2.45, 2.75) is 5.54 Å². The third kappa shape index (κ3) is 2.27. The van der Waals surface area contributed by atoms with Crippen molar-refractivity contribution in [3.8, 4) is 5.75 Å². The van der Waals surface area contributed by atoms with Crippen LogP contribution in [-0.2, 0) is 9.59 Å². The molecule has 0 saturated heterocycles. The lowest BCUT2D eigenvalue weighted by Gasteiger charge is -2.14. The van der Waals surface area contributed by atoms with Gasteiger partial charge in [-0.2, -0.15) is 9.97 Å². The van der Waals surface area contributed by atoms with Crippen molar-refractivity contribution in [1.29, 1.82) is 0 Å². The number of H-pyrrole nitrogens is 1. The summed E-state index contributed by atoms with van der Waals surface area (Å²) >= 11 is 0. The molecule has 0 aliphatic heterocycles. The Morgan fingerprint density at radius 3 is 2.78 bits per heavy atom. The lowest BCUT2D eigenvalue weighted by Crippen LogP contribution is -2.24. The molecule has 32 heavy (non-hydrogen) atoms. The molecule has 0 radical (unpaired) electrons. The van der Waals surface area contributed by atoms with Crippen LogP contribution in [-0.4, -0.2) is 50.9 Å². The Morgan fingerprint density at radius 2 is 2.06 bits per heavy atom. The maximum atomic E-state index is 12.1. The first-order valence-corrected chi connectivity index (χ1v) is 10.2. The fourth-order valence-electron chi connectivity index (χ4n) is 5.18. The molecule has 2 saturated carbocycles. The van der Waals surface area contributed by atoms with Crippen molar-refractivity contribution in [3.63, 3.8) is 0 Å². The van der Waals surface area contributed by atoms with Crippen molar-refractivity contribution in [1.82, 2.24) is 25.3 Å². The van der Waals surface area contributed by atoms with Gasteiger partial charge in [-0.05, 0) is 12.1 Å². The molecule has 162 valence electrons. The van der Waals surface area contributed by atoms with Gasteiger partial charge < -0.3 is 31.4 Å². The standard InChI is InChI=1S/C21H20N8O3/c1-23-14(30)8-32-11-4-2-3-10(7-11)26-19-27-16-15(24-9-25-16)17(28-19)29-21-12-5-6-13(21)20(12,21)18(22)31/h2-7,9,12-13H,8H2,1H3,(H2,22,31)(H,23,30)(H3,24,25,26,27,28,29)/t12-,13-,20?,21?/m1/s1. The van der Waals surface area contributed by atoms with Crippen LogP contribution in [0.4, 0.5) is 17.5 Å². The third-order valence-electron chi connectivity index (χ3n) is 6.73. The number of aromatic amines is 1. The number of likely N-dealkylation sites (N-methyl/N-ethyl adjacent to an activating group) is 1. The number of fused-ring (bicyclic) bond motifs is 1. The predicted molar refractivity (Wildman–Crippen MR) is 115 cm³/mol. The second kappa shape index (κ2) is 6.19. The highest BCUT2D eigenvalue weighted by atomic mass is 16.5. The van der Waals surface area contributed by atoms with E-state index in [1.54, 1.807) is 31.6 Å². The number of hydrogen-bond acceptors (Lipinski definition) is 8. The number of benzene rings is 1. The topological polar surface area (TPSA) is 160 Å². The summed E-state index contributed by atoms with van der Waals surface area (Å²) in [6, 6.07) is 7.13. The third-order valence-corrected chi connectivity index (χ3v) is 6.73. The summed E-state index contributed by atoms with van der Waals surface area (Å²) in [5, 5.41) is 9.12. The van der Waals surface area contributed by atoms with Gasteiger partial charge in [-0.25, -0.2) is 4.98 Å². The molecule has 2 atom stereocenters. The molecule has 2 amide bonds. The SMILES string of the molecule is CNC(=O)COc1cccc(Nc2nc(NC34[C@@H]5C=C[C@@H]3C54C(N)=O)c3[nH]cnc3n2)c1. The fourth-order valence-corrected chi connectivity index (χ4v) is 5.18. The number of aromatic nitrogens is 4. The smallest absolute Gasteiger partial charge is 0.257 e. The van der Waals surface area contributed by atoms with Gasteiger partial charge >= 0.3 is 0 Å². The summed E-state index contributed by atoms with van der Waals surface area (Å²) in [5.74, 6) is 1.10. The van der Waals surface area contributed by atoms with Crippen molar-refractivity contribution >= 4 is 40.4 Å². The molecule has 2 heterocycles. The average molecular weight is 432 g/mol. The summed E-state index contributed by atoms with van der Waals surface area (Å²) in [7, 11) is 1.55. The monoisotopic (exact) mass is 432 g/mol. The first kappa shape index (κ1) is 18.6. The van der Waals surface area contributed by atoms with Crippen LogP contribution < -0.4 is 26.4 Å². The number of hydrogen-bond donors (Lipinski definition) is 5. The summed E-state index contributed by atoms with van der Waals surface area (Å²) in [6.07, 6.45) is 5.65. The summed E-state index contributed by atoms with van der Waals surface area (Å²) in [5.41, 5.74) is 6.60. The van der Waals surface area contributed by atoms with E-state index in [-0.39, 0.29) is 30.3 Å². The van der Waals surface area contributed by atoms with Gasteiger partial charge in [0.25, 0.3) is 5.91 Å². The maximum absolute atomic E-state index is 12.1. The Morgan fingerprint density at radius 1 is 1.25 bits per heavy atom. The normalized spacial score (nSPS) is 28.2. The van der Waals surface area contributed by atoms with Gasteiger partial charge in [-0.15, -0.1) is 0 Å². The van der Waals surface area contributed by atoms with E-state index in [1.165, 1.54) is 0 Å². The highest BCUT2D eigenvalue weighted by Crippen LogP contribution is 2.91. The van der Waals surface area contributed by atoms with E-state index in [0.717, 1.165) is 0 Å². The molecule has 6 N–H and O–H groups in total. The Hall–Kier alpha value is -4.15. The predicted octanol–water partition coefficient (Wildman–Crippen LogP) is 0.673. The van der Waals surface area contributed by atoms with Crippen LogP contribution in [0.2, 0.25) is 0 Å². The van der Waals surface area contributed by atoms with Crippen LogP contribution in [0.1, 0.15) is 0 Å². The van der Waals surface area contributed by atoms with Crippen LogP contribution >= 0.6 is 0 Å². The van der Waals surface area contributed by atoms with Gasteiger partial charge in [0.2, 0.25) is 11.9 Å². The van der Waals surface area contributed by atoms with Crippen LogP contribution in [0.25, 0.3) is 11.2 Å². The van der Waals surface area contributed by atoms with Gasteiger partial charge in [-0.1, -0.05) is 18.2 Å². The van der Waals surface area contributed by atoms with Crippen molar-refractivity contribution in [2.75, 3.05) is 24.3 Å². The first-order valence-electron chi connectivity index (χ1n) is 10.2. The lowest BCUT2D eigenvalue weighted by atomic mass is 10.0. The molecule has 2 fully saturated rings. The van der Waals surface area contributed by atoms with Gasteiger partial charge in [0.15, 0.2) is 18.1 Å². The zero-order valence-corrected chi connectivity index (χ0v) is 17.0. The van der Waals surface area contributed by atoms with Crippen LogP contribution in [0, 0.1) is 17.3 Å². The molecule has 11 nitrogen and oxygen atoms in total. The molecule has 11 heteroatoms. The van der Waals surface area contributed by atoms with Gasteiger partial charge in [0.05, 0.1) is 17.3 Å². The molecule has 2 aromatic heterocycles. The van der Waals surface area contributed by atoms with E-state index < -0.39 is 11.0 Å². The highest BCUT2D eigenvalue weighted by Gasteiger charge is 3.02. The van der Waals surface area contributed by atoms with Gasteiger partial charge in [0.1, 0.15) is 11.3 Å². The van der Waals surface area contributed by atoms with Crippen LogP contribution in [0.3, 0.4) is 0 Å². The second-order valence-corrected chi connectivity index (χ2v) is 8.18. The van der Waals surface area contributed by atoms with E-state index in [2.05, 4.69) is 48.0 Å². The minimum atomic E-state index is -0.533. The summed E-state index contributed by atoms with van der Waals surface area (Å²) < 4.78 is 5.49. The van der Waals surface area contributed by atoms with E-state index in [9.17, 15) is 9.59 Å². The summed E-state index contributed by atoms with van der Waals surface area (Å²) in [6.45, 7) is -0.0795. The molecule has 0 spiro atoms. The second-order valence-electron chi connectivity index (χ2n) is 8.18. The Bertz CT molecular complexity index is 1300. The zero-order valence-electron chi connectivity index (χ0n) is 17.0. The molecular formula is C21H20N8O3. The number of carbonyl (C=O) groups excluding carboxylic acids is 2. The number of primary amides is 1. The number of nitrogens with two attached hydrogens (primary N) is 1. The lowest BCUT2D eigenvalue weighted by molar-refractivity contribution is -0.123. The van der Waals surface area contributed by atoms with Gasteiger partial charge in [-0.3, -0.25) is 9.59 Å². The molecular weight excluding hydrogens is 412 g/mol. The van der Waals surface area contributed by atoms with Gasteiger partial charge in [0, 0.05) is 30.6 Å². The first-order chi connectivity index (χ1) is 15.5. The largest absolute Gasteiger partial charge is 0.484 e. The molecule has 4 aliphatic carbocycles. The molecule has 4 aliphatic rings. The maximum Gasteiger partial charge on any atom is 0.257 e. The Balaban J connectivity index is 1.26. The number of nitrogens with one attached hydrogen (secondary N) is 4. The van der Waals surface area contributed by atoms with E-state index in [0.29, 0.717) is 34.4 Å². The Labute approximate surface area is 181 Å². The minimum Gasteiger partial charge on any atom is -0.484 e. The van der Waals surface area contributed by atoms with E-state index >= 15 is 0 Å². The quantitative estimate of drug-likeness (QED) is 0.325. The number of amides is 2.